The summed E-state index contributed by atoms with van der Waals surface area (Å²) in [4.78, 5) is 4.02. The highest BCUT2D eigenvalue weighted by Crippen LogP contribution is 2.35. The molecule has 0 radical (unpaired) electrons. The molecule has 28 heavy (non-hydrogen) atoms. The normalized spacial score (nSPS) is 14.9. The van der Waals surface area contributed by atoms with Gasteiger partial charge in [0.25, 0.3) is 0 Å². The van der Waals surface area contributed by atoms with Crippen LogP contribution in [0, 0.1) is 5.92 Å². The molecule has 1 saturated carbocycles. The minimum Gasteiger partial charge on any atom is -0.489 e. The highest BCUT2D eigenvalue weighted by molar-refractivity contribution is 5.57. The molecular weight excluding hydrogens is 364 g/mol. The molecule has 4 rings (SSSR count). The first-order chi connectivity index (χ1) is 13.6. The van der Waals surface area contributed by atoms with Gasteiger partial charge in [0.05, 0.1) is 18.3 Å². The molecule has 1 atom stereocenters. The molecule has 1 aliphatic carbocycles. The number of hydrogen-bond acceptors (Lipinski definition) is 4. The summed E-state index contributed by atoms with van der Waals surface area (Å²) in [6, 6.07) is 10.7. The van der Waals surface area contributed by atoms with Gasteiger partial charge >= 0.3 is 6.61 Å². The third-order valence-electron chi connectivity index (χ3n) is 4.82. The van der Waals surface area contributed by atoms with Crippen LogP contribution in [0.4, 0.5) is 8.78 Å². The minimum absolute atomic E-state index is 0.0598. The van der Waals surface area contributed by atoms with Crippen molar-refractivity contribution in [3.63, 3.8) is 0 Å². The smallest absolute Gasteiger partial charge is 0.387 e. The average Bonchev–Trinajstić information content (AvgIpc) is 3.40. The van der Waals surface area contributed by atoms with E-state index < -0.39 is 6.61 Å². The summed E-state index contributed by atoms with van der Waals surface area (Å²) < 4.78 is 37.6. The Morgan fingerprint density at radius 1 is 1.11 bits per heavy atom. The SMILES string of the molecule is CC(c1ccc(OC(F)F)c(OCC2CC2)c1)n1ccc(-c2ccncc2)n1. The van der Waals surface area contributed by atoms with E-state index in [0.29, 0.717) is 18.3 Å². The maximum atomic E-state index is 12.7. The van der Waals surface area contributed by atoms with Crippen LogP contribution in [0.15, 0.2) is 55.0 Å². The molecule has 0 aliphatic heterocycles. The van der Waals surface area contributed by atoms with Crippen molar-refractivity contribution in [1.82, 2.24) is 14.8 Å². The van der Waals surface area contributed by atoms with Crippen LogP contribution in [-0.4, -0.2) is 28.0 Å². The highest BCUT2D eigenvalue weighted by atomic mass is 19.3. The Morgan fingerprint density at radius 2 is 1.89 bits per heavy atom. The lowest BCUT2D eigenvalue weighted by Gasteiger charge is -2.17. The number of alkyl halides is 2. The van der Waals surface area contributed by atoms with Crippen molar-refractivity contribution >= 4 is 0 Å². The van der Waals surface area contributed by atoms with E-state index in [1.165, 1.54) is 6.07 Å². The van der Waals surface area contributed by atoms with Gasteiger partial charge in [-0.2, -0.15) is 13.9 Å². The van der Waals surface area contributed by atoms with Gasteiger partial charge in [-0.3, -0.25) is 9.67 Å². The molecule has 1 fully saturated rings. The van der Waals surface area contributed by atoms with Crippen molar-refractivity contribution in [2.24, 2.45) is 5.92 Å². The fourth-order valence-electron chi connectivity index (χ4n) is 2.97. The van der Waals surface area contributed by atoms with E-state index in [4.69, 9.17) is 4.74 Å². The Bertz CT molecular complexity index is 926. The molecule has 3 aromatic rings. The number of halogens is 2. The molecule has 1 aliphatic rings. The van der Waals surface area contributed by atoms with Crippen molar-refractivity contribution in [1.29, 1.82) is 0 Å². The van der Waals surface area contributed by atoms with E-state index in [-0.39, 0.29) is 11.8 Å². The topological polar surface area (TPSA) is 49.2 Å². The van der Waals surface area contributed by atoms with Crippen LogP contribution in [0.25, 0.3) is 11.3 Å². The lowest BCUT2D eigenvalue weighted by Crippen LogP contribution is -2.10. The standard InChI is InChI=1S/C21H21F2N3O2/c1-14(26-11-8-18(25-26)16-6-9-24-10-7-16)17-4-5-19(28-21(22)23)20(12-17)27-13-15-2-3-15/h4-12,14-15,21H,2-3,13H2,1H3. The van der Waals surface area contributed by atoms with Crippen LogP contribution in [0.2, 0.25) is 0 Å². The lowest BCUT2D eigenvalue weighted by molar-refractivity contribution is -0.0515. The fourth-order valence-corrected chi connectivity index (χ4v) is 2.97. The molecule has 0 bridgehead atoms. The van der Waals surface area contributed by atoms with Gasteiger partial charge < -0.3 is 9.47 Å². The van der Waals surface area contributed by atoms with Gasteiger partial charge in [0.2, 0.25) is 0 Å². The van der Waals surface area contributed by atoms with Crippen LogP contribution >= 0.6 is 0 Å². The van der Waals surface area contributed by atoms with Crippen LogP contribution in [0.5, 0.6) is 11.5 Å². The summed E-state index contributed by atoms with van der Waals surface area (Å²) in [6.45, 7) is -0.372. The molecule has 1 aromatic carbocycles. The van der Waals surface area contributed by atoms with Gasteiger partial charge in [0, 0.05) is 24.2 Å². The van der Waals surface area contributed by atoms with Gasteiger partial charge in [-0.1, -0.05) is 6.07 Å². The van der Waals surface area contributed by atoms with Crippen LogP contribution in [0.1, 0.15) is 31.4 Å². The largest absolute Gasteiger partial charge is 0.489 e. The Morgan fingerprint density at radius 3 is 2.61 bits per heavy atom. The molecule has 146 valence electrons. The van der Waals surface area contributed by atoms with E-state index >= 15 is 0 Å². The lowest BCUT2D eigenvalue weighted by atomic mass is 10.1. The molecule has 2 aromatic heterocycles. The second-order valence-corrected chi connectivity index (χ2v) is 6.93. The fraction of sp³-hybridized carbons (Fsp3) is 0.333. The molecule has 7 heteroatoms. The Kier molecular flexibility index (Phi) is 5.23. The third kappa shape index (κ3) is 4.30. The van der Waals surface area contributed by atoms with E-state index in [9.17, 15) is 8.78 Å². The first-order valence-electron chi connectivity index (χ1n) is 9.27. The first kappa shape index (κ1) is 18.4. The summed E-state index contributed by atoms with van der Waals surface area (Å²) in [5, 5.41) is 4.64. The van der Waals surface area contributed by atoms with Crippen molar-refractivity contribution in [2.75, 3.05) is 6.61 Å². The van der Waals surface area contributed by atoms with Gasteiger partial charge in [0.1, 0.15) is 0 Å². The van der Waals surface area contributed by atoms with Crippen molar-refractivity contribution < 1.29 is 18.3 Å². The monoisotopic (exact) mass is 385 g/mol. The number of ether oxygens (including phenoxy) is 2. The third-order valence-corrected chi connectivity index (χ3v) is 4.82. The average molecular weight is 385 g/mol. The molecule has 0 amide bonds. The molecule has 2 heterocycles. The van der Waals surface area contributed by atoms with Crippen molar-refractivity contribution in [3.8, 4) is 22.8 Å². The second-order valence-electron chi connectivity index (χ2n) is 6.93. The summed E-state index contributed by atoms with van der Waals surface area (Å²) in [5.41, 5.74) is 2.73. The van der Waals surface area contributed by atoms with Gasteiger partial charge in [-0.25, -0.2) is 0 Å². The van der Waals surface area contributed by atoms with E-state index in [1.54, 1.807) is 24.5 Å². The molecule has 5 nitrogen and oxygen atoms in total. The number of benzene rings is 1. The summed E-state index contributed by atoms with van der Waals surface area (Å²) >= 11 is 0. The maximum Gasteiger partial charge on any atom is 0.387 e. The zero-order chi connectivity index (χ0) is 19.5. The van der Waals surface area contributed by atoms with E-state index in [2.05, 4.69) is 14.8 Å². The van der Waals surface area contributed by atoms with E-state index in [1.807, 2.05) is 36.0 Å². The Labute approximate surface area is 161 Å². The number of rotatable bonds is 8. The van der Waals surface area contributed by atoms with Gasteiger partial charge in [-0.05, 0) is 61.6 Å². The van der Waals surface area contributed by atoms with Crippen molar-refractivity contribution in [3.05, 3.63) is 60.6 Å². The van der Waals surface area contributed by atoms with Crippen LogP contribution < -0.4 is 9.47 Å². The molecular formula is C21H21F2N3O2. The zero-order valence-corrected chi connectivity index (χ0v) is 15.5. The van der Waals surface area contributed by atoms with Gasteiger partial charge in [-0.15, -0.1) is 0 Å². The number of hydrogen-bond donors (Lipinski definition) is 0. The zero-order valence-electron chi connectivity index (χ0n) is 15.5. The van der Waals surface area contributed by atoms with E-state index in [0.717, 1.165) is 29.7 Å². The van der Waals surface area contributed by atoms with Gasteiger partial charge in [0.15, 0.2) is 11.5 Å². The highest BCUT2D eigenvalue weighted by Gasteiger charge is 2.23. The predicted molar refractivity (Wildman–Crippen MR) is 101 cm³/mol. The summed E-state index contributed by atoms with van der Waals surface area (Å²) in [5.74, 6) is 0.914. The molecule has 0 saturated heterocycles. The quantitative estimate of drug-likeness (QED) is 0.551. The summed E-state index contributed by atoms with van der Waals surface area (Å²) in [7, 11) is 0. The van der Waals surface area contributed by atoms with Crippen LogP contribution in [0.3, 0.4) is 0 Å². The molecule has 0 spiro atoms. The number of aromatic nitrogens is 3. The number of pyridine rings is 1. The Hall–Kier alpha value is -2.96. The number of nitrogens with zero attached hydrogens (tertiary/aromatic N) is 3. The maximum absolute atomic E-state index is 12.7. The second kappa shape index (κ2) is 7.96. The minimum atomic E-state index is -2.89. The summed E-state index contributed by atoms with van der Waals surface area (Å²) in [6.07, 6.45) is 7.58. The van der Waals surface area contributed by atoms with Crippen molar-refractivity contribution in [2.45, 2.75) is 32.4 Å². The predicted octanol–water partition coefficient (Wildman–Crippen LogP) is 4.94. The first-order valence-corrected chi connectivity index (χ1v) is 9.27. The molecule has 0 N–H and O–H groups in total. The Balaban J connectivity index is 1.57. The van der Waals surface area contributed by atoms with Crippen LogP contribution in [-0.2, 0) is 0 Å². The molecule has 1 unspecified atom stereocenters.